The van der Waals surface area contributed by atoms with E-state index in [1.54, 1.807) is 29.2 Å². The van der Waals surface area contributed by atoms with Gasteiger partial charge in [0.05, 0.1) is 11.3 Å². The molecule has 2 atom stereocenters. The molecule has 7 heteroatoms. The quantitative estimate of drug-likeness (QED) is 0.262. The van der Waals surface area contributed by atoms with Gasteiger partial charge in [0.2, 0.25) is 0 Å². The first-order valence-electron chi connectivity index (χ1n) is 15.2. The van der Waals surface area contributed by atoms with Crippen LogP contribution in [-0.4, -0.2) is 39.8 Å². The maximum Gasteiger partial charge on any atom is 0.332 e. The average Bonchev–Trinajstić information content (AvgIpc) is 3.50. The molecule has 0 spiro atoms. The van der Waals surface area contributed by atoms with Gasteiger partial charge in [-0.05, 0) is 53.6 Å². The first-order valence-corrected chi connectivity index (χ1v) is 15.2. The van der Waals surface area contributed by atoms with E-state index in [0.717, 1.165) is 53.4 Å². The van der Waals surface area contributed by atoms with E-state index in [2.05, 4.69) is 54.5 Å². The summed E-state index contributed by atoms with van der Waals surface area (Å²) in [5, 5.41) is 4.23. The van der Waals surface area contributed by atoms with Gasteiger partial charge < -0.3 is 10.3 Å². The molecule has 2 fully saturated rings. The SMILES string of the molecule is CC(C)c1ccc(C2c3[nH]c4ccccc4c3C[C@H]3C(=O)N(c4ccccc4C(=O)NC4CCCCC4)C(=O)N23)cc1. The van der Waals surface area contributed by atoms with Gasteiger partial charge in [-0.25, -0.2) is 9.69 Å². The van der Waals surface area contributed by atoms with E-state index in [4.69, 9.17) is 0 Å². The fraction of sp³-hybridized carbons (Fsp3) is 0.343. The van der Waals surface area contributed by atoms with E-state index >= 15 is 0 Å². The molecule has 1 saturated carbocycles. The summed E-state index contributed by atoms with van der Waals surface area (Å²) in [6, 6.07) is 22.0. The molecule has 7 nitrogen and oxygen atoms in total. The molecule has 4 amide bonds. The van der Waals surface area contributed by atoms with Crippen molar-refractivity contribution in [3.63, 3.8) is 0 Å². The van der Waals surface area contributed by atoms with Gasteiger partial charge in [-0.2, -0.15) is 0 Å². The monoisotopic (exact) mass is 560 g/mol. The number of fused-ring (bicyclic) bond motifs is 4. The maximum atomic E-state index is 14.4. The number of benzene rings is 3. The molecule has 1 aromatic heterocycles. The van der Waals surface area contributed by atoms with Gasteiger partial charge in [0, 0.05) is 29.1 Å². The molecule has 1 unspecified atom stereocenters. The molecule has 3 aliphatic rings. The number of nitrogens with one attached hydrogen (secondary N) is 2. The number of carbonyl (C=O) groups excluding carboxylic acids is 3. The van der Waals surface area contributed by atoms with Crippen LogP contribution in [0.15, 0.2) is 72.8 Å². The molecule has 1 aliphatic carbocycles. The Bertz CT molecular complexity index is 1680. The van der Waals surface area contributed by atoms with E-state index in [1.807, 2.05) is 18.2 Å². The van der Waals surface area contributed by atoms with Crippen molar-refractivity contribution in [1.29, 1.82) is 0 Å². The molecule has 3 aromatic carbocycles. The van der Waals surface area contributed by atoms with Gasteiger partial charge in [0.15, 0.2) is 0 Å². The summed E-state index contributed by atoms with van der Waals surface area (Å²) in [5.74, 6) is -0.152. The number of anilines is 1. The van der Waals surface area contributed by atoms with E-state index in [1.165, 1.54) is 16.9 Å². The minimum absolute atomic E-state index is 0.118. The summed E-state index contributed by atoms with van der Waals surface area (Å²) in [7, 11) is 0. The smallest absolute Gasteiger partial charge is 0.332 e. The number of aromatic nitrogens is 1. The van der Waals surface area contributed by atoms with Gasteiger partial charge >= 0.3 is 6.03 Å². The normalized spacial score (nSPS) is 20.7. The summed E-state index contributed by atoms with van der Waals surface area (Å²) in [6.45, 7) is 4.31. The Morgan fingerprint density at radius 2 is 1.62 bits per heavy atom. The lowest BCUT2D eigenvalue weighted by molar-refractivity contribution is -0.120. The molecule has 4 aromatic rings. The summed E-state index contributed by atoms with van der Waals surface area (Å²) < 4.78 is 0. The largest absolute Gasteiger partial charge is 0.356 e. The third-order valence-corrected chi connectivity index (χ3v) is 9.30. The molecule has 1 saturated heterocycles. The number of hydrogen-bond acceptors (Lipinski definition) is 3. The van der Waals surface area contributed by atoms with Crippen LogP contribution in [0.1, 0.15) is 90.7 Å². The Hall–Kier alpha value is -4.39. The van der Waals surface area contributed by atoms with Crippen LogP contribution in [0.2, 0.25) is 0 Å². The molecule has 42 heavy (non-hydrogen) atoms. The average molecular weight is 561 g/mol. The van der Waals surface area contributed by atoms with Crippen molar-refractivity contribution in [3.8, 4) is 0 Å². The zero-order valence-electron chi connectivity index (χ0n) is 24.1. The Morgan fingerprint density at radius 1 is 0.905 bits per heavy atom. The topological polar surface area (TPSA) is 85.5 Å². The van der Waals surface area contributed by atoms with Crippen LogP contribution >= 0.6 is 0 Å². The first-order chi connectivity index (χ1) is 20.4. The predicted molar refractivity (Wildman–Crippen MR) is 164 cm³/mol. The standard InChI is InChI=1S/C35H36N4O3/c1-21(2)22-16-18-23(19-17-22)32-31-27(25-12-6-8-14-28(25)37-31)20-30-34(41)39(35(42)38(30)32)29-15-9-7-13-26(29)33(40)36-24-10-4-3-5-11-24/h6-9,12-19,21,24,30,32,37H,3-5,10-11,20H2,1-2H3,(H,36,40)/t30-,32?/m0/s1. The highest BCUT2D eigenvalue weighted by molar-refractivity contribution is 6.24. The van der Waals surface area contributed by atoms with E-state index in [-0.39, 0.29) is 17.9 Å². The maximum absolute atomic E-state index is 14.4. The number of carbonyl (C=O) groups is 3. The second-order valence-corrected chi connectivity index (χ2v) is 12.2. The lowest BCUT2D eigenvalue weighted by atomic mass is 9.88. The number of hydrogen-bond donors (Lipinski definition) is 2. The number of aromatic amines is 1. The van der Waals surface area contributed by atoms with E-state index < -0.39 is 18.1 Å². The molecular weight excluding hydrogens is 524 g/mol. The lowest BCUT2D eigenvalue weighted by Gasteiger charge is -2.36. The van der Waals surface area contributed by atoms with Gasteiger partial charge in [-0.3, -0.25) is 14.5 Å². The number of imide groups is 1. The highest BCUT2D eigenvalue weighted by Gasteiger charge is 2.53. The van der Waals surface area contributed by atoms with Gasteiger partial charge in [0.1, 0.15) is 12.1 Å². The third kappa shape index (κ3) is 4.30. The van der Waals surface area contributed by atoms with Crippen molar-refractivity contribution in [3.05, 3.63) is 101 Å². The van der Waals surface area contributed by atoms with Crippen LogP contribution in [0.5, 0.6) is 0 Å². The summed E-state index contributed by atoms with van der Waals surface area (Å²) >= 11 is 0. The highest BCUT2D eigenvalue weighted by Crippen LogP contribution is 2.45. The summed E-state index contributed by atoms with van der Waals surface area (Å²) in [5.41, 5.74) is 5.86. The van der Waals surface area contributed by atoms with Crippen LogP contribution in [0.4, 0.5) is 10.5 Å². The number of urea groups is 1. The minimum atomic E-state index is -0.673. The van der Waals surface area contributed by atoms with Gasteiger partial charge in [-0.15, -0.1) is 0 Å². The van der Waals surface area contributed by atoms with Gasteiger partial charge in [0.25, 0.3) is 11.8 Å². The van der Waals surface area contributed by atoms with Crippen molar-refractivity contribution >= 4 is 34.4 Å². The number of amides is 4. The van der Waals surface area contributed by atoms with E-state index in [9.17, 15) is 14.4 Å². The van der Waals surface area contributed by atoms with Crippen LogP contribution in [-0.2, 0) is 11.2 Å². The summed E-state index contributed by atoms with van der Waals surface area (Å²) in [6.07, 6.45) is 5.71. The Kier molecular flexibility index (Phi) is 6.60. The second-order valence-electron chi connectivity index (χ2n) is 12.2. The highest BCUT2D eigenvalue weighted by atomic mass is 16.2. The molecular formula is C35H36N4O3. The Labute approximate surface area is 245 Å². The molecule has 7 rings (SSSR count). The lowest BCUT2D eigenvalue weighted by Crippen LogP contribution is -2.44. The molecule has 0 bridgehead atoms. The fourth-order valence-electron chi connectivity index (χ4n) is 7.08. The van der Waals surface area contributed by atoms with Crippen LogP contribution in [0.3, 0.4) is 0 Å². The van der Waals surface area contributed by atoms with Crippen LogP contribution in [0.25, 0.3) is 10.9 Å². The van der Waals surface area contributed by atoms with Crippen molar-refractivity contribution < 1.29 is 14.4 Å². The zero-order valence-corrected chi connectivity index (χ0v) is 24.1. The first kappa shape index (κ1) is 26.5. The van der Waals surface area contributed by atoms with Crippen molar-refractivity contribution in [1.82, 2.24) is 15.2 Å². The number of para-hydroxylation sites is 2. The summed E-state index contributed by atoms with van der Waals surface area (Å²) in [4.78, 5) is 48.7. The molecule has 214 valence electrons. The fourth-order valence-corrected chi connectivity index (χ4v) is 7.08. The van der Waals surface area contributed by atoms with Crippen molar-refractivity contribution in [2.45, 2.75) is 76.4 Å². The number of H-pyrrole nitrogens is 1. The molecule has 0 radical (unpaired) electrons. The number of rotatable bonds is 5. The zero-order chi connectivity index (χ0) is 29.0. The minimum Gasteiger partial charge on any atom is -0.356 e. The van der Waals surface area contributed by atoms with Crippen molar-refractivity contribution in [2.24, 2.45) is 0 Å². The second kappa shape index (κ2) is 10.5. The Balaban J connectivity index is 1.30. The number of nitrogens with zero attached hydrogens (tertiary/aromatic N) is 2. The molecule has 2 N–H and O–H groups in total. The van der Waals surface area contributed by atoms with E-state index in [0.29, 0.717) is 23.6 Å². The molecule has 3 heterocycles. The van der Waals surface area contributed by atoms with Crippen LogP contribution in [0, 0.1) is 0 Å². The predicted octanol–water partition coefficient (Wildman–Crippen LogP) is 6.84. The van der Waals surface area contributed by atoms with Crippen molar-refractivity contribution in [2.75, 3.05) is 4.90 Å². The Morgan fingerprint density at radius 3 is 2.38 bits per heavy atom. The third-order valence-electron chi connectivity index (χ3n) is 9.30. The molecule has 2 aliphatic heterocycles. The van der Waals surface area contributed by atoms with Crippen LogP contribution < -0.4 is 10.2 Å². The van der Waals surface area contributed by atoms with Gasteiger partial charge in [-0.1, -0.05) is 87.7 Å².